The van der Waals surface area contributed by atoms with E-state index in [9.17, 15) is 4.39 Å². The largest absolute Gasteiger partial charge is 0.374 e. The zero-order valence-electron chi connectivity index (χ0n) is 11.3. The maximum atomic E-state index is 13.2. The molecule has 17 heavy (non-hydrogen) atoms. The van der Waals surface area contributed by atoms with Crippen molar-refractivity contribution in [2.45, 2.75) is 26.8 Å². The first-order valence-corrected chi connectivity index (χ1v) is 6.18. The summed E-state index contributed by atoms with van der Waals surface area (Å²) in [4.78, 5) is 2.20. The molecule has 0 unspecified atom stereocenters. The van der Waals surface area contributed by atoms with Crippen molar-refractivity contribution in [2.24, 2.45) is 5.92 Å². The van der Waals surface area contributed by atoms with Gasteiger partial charge in [-0.05, 0) is 43.1 Å². The zero-order chi connectivity index (χ0) is 12.8. The van der Waals surface area contributed by atoms with E-state index in [1.807, 2.05) is 13.1 Å². The van der Waals surface area contributed by atoms with E-state index in [0.29, 0.717) is 12.5 Å². The average molecular weight is 238 g/mol. The Morgan fingerprint density at radius 1 is 1.35 bits per heavy atom. The van der Waals surface area contributed by atoms with Crippen molar-refractivity contribution in [3.05, 3.63) is 29.6 Å². The van der Waals surface area contributed by atoms with Crippen molar-refractivity contribution in [3.63, 3.8) is 0 Å². The minimum Gasteiger partial charge on any atom is -0.374 e. The number of benzene rings is 1. The van der Waals surface area contributed by atoms with E-state index < -0.39 is 0 Å². The molecule has 1 N–H and O–H groups in total. The summed E-state index contributed by atoms with van der Waals surface area (Å²) in [6.07, 6.45) is 1.15. The lowest BCUT2D eigenvalue weighted by Gasteiger charge is -2.23. The molecule has 0 atom stereocenters. The van der Waals surface area contributed by atoms with Crippen molar-refractivity contribution >= 4 is 5.69 Å². The van der Waals surface area contributed by atoms with Gasteiger partial charge in [-0.15, -0.1) is 0 Å². The Morgan fingerprint density at radius 3 is 2.65 bits per heavy atom. The summed E-state index contributed by atoms with van der Waals surface area (Å²) in [5, 5.41) is 3.08. The van der Waals surface area contributed by atoms with Crippen LogP contribution in [-0.2, 0) is 6.54 Å². The predicted octanol–water partition coefficient (Wildman–Crippen LogP) is 3.03. The van der Waals surface area contributed by atoms with Gasteiger partial charge in [-0.1, -0.05) is 13.8 Å². The highest BCUT2D eigenvalue weighted by molar-refractivity contribution is 5.53. The molecule has 0 bridgehead atoms. The molecular weight excluding hydrogens is 215 g/mol. The molecule has 1 aromatic carbocycles. The first-order chi connectivity index (χ1) is 8.04. The Labute approximate surface area is 104 Å². The van der Waals surface area contributed by atoms with Gasteiger partial charge in [0.2, 0.25) is 0 Å². The molecule has 2 nitrogen and oxygen atoms in total. The first kappa shape index (κ1) is 14.0. The summed E-state index contributed by atoms with van der Waals surface area (Å²) >= 11 is 0. The standard InChI is InChI=1S/C14H23FN2/c1-11(2)7-8-17(4)14-6-5-13(15)9-12(14)10-16-3/h5-6,9,11,16H,7-8,10H2,1-4H3. The third-order valence-electron chi connectivity index (χ3n) is 2.86. The predicted molar refractivity (Wildman–Crippen MR) is 71.9 cm³/mol. The molecule has 0 spiro atoms. The number of hydrogen-bond donors (Lipinski definition) is 1. The molecule has 96 valence electrons. The molecule has 0 amide bonds. The summed E-state index contributed by atoms with van der Waals surface area (Å²) in [5.74, 6) is 0.516. The van der Waals surface area contributed by atoms with Crippen LogP contribution in [0.25, 0.3) is 0 Å². The molecule has 0 fully saturated rings. The van der Waals surface area contributed by atoms with Crippen LogP contribution in [0.1, 0.15) is 25.8 Å². The maximum Gasteiger partial charge on any atom is 0.123 e. The van der Waals surface area contributed by atoms with Crippen LogP contribution in [0.3, 0.4) is 0 Å². The molecule has 3 heteroatoms. The smallest absolute Gasteiger partial charge is 0.123 e. The molecular formula is C14H23FN2. The topological polar surface area (TPSA) is 15.3 Å². The fourth-order valence-electron chi connectivity index (χ4n) is 1.83. The minimum absolute atomic E-state index is 0.170. The molecule has 0 aliphatic carbocycles. The molecule has 0 heterocycles. The second-order valence-electron chi connectivity index (χ2n) is 4.91. The molecule has 1 rings (SSSR count). The van der Waals surface area contributed by atoms with E-state index in [4.69, 9.17) is 0 Å². The van der Waals surface area contributed by atoms with Gasteiger partial charge in [0.15, 0.2) is 0 Å². The van der Waals surface area contributed by atoms with Gasteiger partial charge in [-0.3, -0.25) is 0 Å². The Bertz CT molecular complexity index is 350. The Morgan fingerprint density at radius 2 is 2.06 bits per heavy atom. The lowest BCUT2D eigenvalue weighted by molar-refractivity contribution is 0.583. The SMILES string of the molecule is CNCc1cc(F)ccc1N(C)CCC(C)C. The van der Waals surface area contributed by atoms with Gasteiger partial charge in [0, 0.05) is 25.8 Å². The number of rotatable bonds is 6. The van der Waals surface area contributed by atoms with Crippen molar-refractivity contribution in [2.75, 3.05) is 25.5 Å². The molecule has 1 aromatic rings. The van der Waals surface area contributed by atoms with Crippen molar-refractivity contribution in [1.29, 1.82) is 0 Å². The van der Waals surface area contributed by atoms with Crippen LogP contribution in [0, 0.1) is 11.7 Å². The average Bonchev–Trinajstić information content (AvgIpc) is 2.26. The van der Waals surface area contributed by atoms with Crippen molar-refractivity contribution in [1.82, 2.24) is 5.32 Å². The van der Waals surface area contributed by atoms with Gasteiger partial charge in [0.1, 0.15) is 5.82 Å². The van der Waals surface area contributed by atoms with E-state index in [1.54, 1.807) is 6.07 Å². The second-order valence-corrected chi connectivity index (χ2v) is 4.91. The quantitative estimate of drug-likeness (QED) is 0.819. The van der Waals surface area contributed by atoms with E-state index >= 15 is 0 Å². The lowest BCUT2D eigenvalue weighted by Crippen LogP contribution is -2.22. The van der Waals surface area contributed by atoms with E-state index in [1.165, 1.54) is 6.07 Å². The Kier molecular flexibility index (Phi) is 5.42. The van der Waals surface area contributed by atoms with Gasteiger partial charge in [-0.2, -0.15) is 0 Å². The van der Waals surface area contributed by atoms with Crippen LogP contribution in [0.5, 0.6) is 0 Å². The normalized spacial score (nSPS) is 10.9. The first-order valence-electron chi connectivity index (χ1n) is 6.18. The van der Waals surface area contributed by atoms with Gasteiger partial charge >= 0.3 is 0 Å². The van der Waals surface area contributed by atoms with Gasteiger partial charge in [0.25, 0.3) is 0 Å². The highest BCUT2D eigenvalue weighted by Crippen LogP contribution is 2.21. The minimum atomic E-state index is -0.170. The molecule has 0 saturated carbocycles. The second kappa shape index (κ2) is 6.60. The van der Waals surface area contributed by atoms with Crippen LogP contribution in [0.15, 0.2) is 18.2 Å². The fraction of sp³-hybridized carbons (Fsp3) is 0.571. The monoisotopic (exact) mass is 238 g/mol. The summed E-state index contributed by atoms with van der Waals surface area (Å²) in [5.41, 5.74) is 2.13. The molecule has 0 aliphatic heterocycles. The number of anilines is 1. The van der Waals surface area contributed by atoms with Crippen molar-refractivity contribution in [3.8, 4) is 0 Å². The number of hydrogen-bond acceptors (Lipinski definition) is 2. The molecule has 0 saturated heterocycles. The van der Waals surface area contributed by atoms with E-state index in [0.717, 1.165) is 24.2 Å². The molecule has 0 radical (unpaired) electrons. The number of halogens is 1. The third kappa shape index (κ3) is 4.35. The van der Waals surface area contributed by atoms with E-state index in [-0.39, 0.29) is 5.82 Å². The fourth-order valence-corrected chi connectivity index (χ4v) is 1.83. The third-order valence-corrected chi connectivity index (χ3v) is 2.86. The molecule has 0 aliphatic rings. The van der Waals surface area contributed by atoms with Gasteiger partial charge in [-0.25, -0.2) is 4.39 Å². The van der Waals surface area contributed by atoms with Crippen LogP contribution in [-0.4, -0.2) is 20.6 Å². The summed E-state index contributed by atoms with van der Waals surface area (Å²) in [6.45, 7) is 6.12. The van der Waals surface area contributed by atoms with Crippen molar-refractivity contribution < 1.29 is 4.39 Å². The van der Waals surface area contributed by atoms with Crippen LogP contribution >= 0.6 is 0 Å². The van der Waals surface area contributed by atoms with Gasteiger partial charge in [0.05, 0.1) is 0 Å². The maximum absolute atomic E-state index is 13.2. The van der Waals surface area contributed by atoms with Crippen LogP contribution in [0.2, 0.25) is 0 Å². The lowest BCUT2D eigenvalue weighted by atomic mass is 10.1. The Hall–Kier alpha value is -1.09. The molecule has 0 aromatic heterocycles. The highest BCUT2D eigenvalue weighted by Gasteiger charge is 2.08. The highest BCUT2D eigenvalue weighted by atomic mass is 19.1. The summed E-state index contributed by atoms with van der Waals surface area (Å²) < 4.78 is 13.2. The number of nitrogens with one attached hydrogen (secondary N) is 1. The van der Waals surface area contributed by atoms with Gasteiger partial charge < -0.3 is 10.2 Å². The summed E-state index contributed by atoms with van der Waals surface area (Å²) in [6, 6.07) is 5.00. The number of nitrogens with zero attached hydrogens (tertiary/aromatic N) is 1. The Balaban J connectivity index is 2.80. The van der Waals surface area contributed by atoms with Crippen LogP contribution < -0.4 is 10.2 Å². The van der Waals surface area contributed by atoms with E-state index in [2.05, 4.69) is 31.1 Å². The summed E-state index contributed by atoms with van der Waals surface area (Å²) in [7, 11) is 3.94. The van der Waals surface area contributed by atoms with Crippen LogP contribution in [0.4, 0.5) is 10.1 Å². The zero-order valence-corrected chi connectivity index (χ0v) is 11.3.